The van der Waals surface area contributed by atoms with E-state index >= 15 is 0 Å². The smallest absolute Gasteiger partial charge is 0.214 e. The van der Waals surface area contributed by atoms with Gasteiger partial charge < -0.3 is 0 Å². The summed E-state index contributed by atoms with van der Waals surface area (Å²) in [7, 11) is -3.06. The van der Waals surface area contributed by atoms with Gasteiger partial charge in [0.15, 0.2) is 0 Å². The Morgan fingerprint density at radius 3 is 2.44 bits per heavy atom. The van der Waals surface area contributed by atoms with Crippen LogP contribution in [-0.4, -0.2) is 49.6 Å². The number of nitrogens with zero attached hydrogens (tertiary/aromatic N) is 2. The zero-order valence-corrected chi connectivity index (χ0v) is 16.1. The fraction of sp³-hybridized carbons (Fsp3) is 0.700. The first-order chi connectivity index (χ1) is 12.1. The van der Waals surface area contributed by atoms with Gasteiger partial charge in [-0.3, -0.25) is 4.90 Å². The lowest BCUT2D eigenvalue weighted by atomic mass is 9.74. The molecule has 0 radical (unpaired) electrons. The summed E-state index contributed by atoms with van der Waals surface area (Å²) >= 11 is 0. The van der Waals surface area contributed by atoms with E-state index < -0.39 is 10.0 Å². The lowest BCUT2D eigenvalue weighted by Crippen LogP contribution is -2.45. The number of sulfonamides is 1. The monoisotopic (exact) mass is 362 g/mol. The van der Waals surface area contributed by atoms with E-state index in [9.17, 15) is 8.42 Å². The van der Waals surface area contributed by atoms with Crippen LogP contribution in [0.5, 0.6) is 0 Å². The maximum atomic E-state index is 12.4. The second kappa shape index (κ2) is 6.67. The van der Waals surface area contributed by atoms with Gasteiger partial charge in [-0.2, -0.15) is 0 Å². The average molecular weight is 363 g/mol. The van der Waals surface area contributed by atoms with Gasteiger partial charge in [0.05, 0.1) is 5.75 Å². The van der Waals surface area contributed by atoms with Crippen LogP contribution in [0.25, 0.3) is 0 Å². The highest BCUT2D eigenvalue weighted by Gasteiger charge is 2.48. The summed E-state index contributed by atoms with van der Waals surface area (Å²) in [6.07, 6.45) is 6.44. The van der Waals surface area contributed by atoms with Crippen LogP contribution in [-0.2, 0) is 15.4 Å². The molecule has 1 aromatic rings. The van der Waals surface area contributed by atoms with Crippen molar-refractivity contribution in [2.45, 2.75) is 56.9 Å². The molecule has 5 heteroatoms. The largest absolute Gasteiger partial charge is 0.296 e. The molecule has 2 fully saturated rings. The van der Waals surface area contributed by atoms with Crippen molar-refractivity contribution in [3.63, 3.8) is 0 Å². The second-order valence-electron chi connectivity index (χ2n) is 8.05. The molecule has 3 aliphatic rings. The van der Waals surface area contributed by atoms with Crippen LogP contribution in [0.2, 0.25) is 0 Å². The van der Waals surface area contributed by atoms with Gasteiger partial charge in [-0.25, -0.2) is 12.7 Å². The molecule has 2 aliphatic heterocycles. The van der Waals surface area contributed by atoms with E-state index in [-0.39, 0.29) is 11.2 Å². The Kier molecular flexibility index (Phi) is 4.67. The molecule has 1 aromatic carbocycles. The zero-order chi connectivity index (χ0) is 17.5. The van der Waals surface area contributed by atoms with Crippen LogP contribution in [0, 0.1) is 0 Å². The van der Waals surface area contributed by atoms with E-state index in [4.69, 9.17) is 0 Å². The van der Waals surface area contributed by atoms with Gasteiger partial charge in [0, 0.05) is 19.1 Å². The Morgan fingerprint density at radius 2 is 1.76 bits per heavy atom. The van der Waals surface area contributed by atoms with Gasteiger partial charge >= 0.3 is 0 Å². The molecule has 25 heavy (non-hydrogen) atoms. The first-order valence-corrected chi connectivity index (χ1v) is 11.5. The van der Waals surface area contributed by atoms with Crippen molar-refractivity contribution >= 4 is 10.0 Å². The third-order valence-electron chi connectivity index (χ3n) is 6.59. The number of hydrogen-bond acceptors (Lipinski definition) is 3. The first-order valence-electron chi connectivity index (χ1n) is 9.87. The SMILES string of the molecule is CCCS(=O)(=O)N1CCC2(CC1)CC(N1CCCC1)c1ccccc12. The van der Waals surface area contributed by atoms with Crippen LogP contribution in [0.1, 0.15) is 62.6 Å². The summed E-state index contributed by atoms with van der Waals surface area (Å²) in [5.41, 5.74) is 3.19. The predicted octanol–water partition coefficient (Wildman–Crippen LogP) is 3.30. The maximum Gasteiger partial charge on any atom is 0.214 e. The first kappa shape index (κ1) is 17.5. The molecule has 4 nitrogen and oxygen atoms in total. The molecule has 1 spiro atoms. The van der Waals surface area contributed by atoms with E-state index in [1.54, 1.807) is 4.31 Å². The third kappa shape index (κ3) is 3.04. The molecule has 1 aliphatic carbocycles. The molecular formula is C20H30N2O2S. The van der Waals surface area contributed by atoms with Gasteiger partial charge in [-0.1, -0.05) is 31.2 Å². The molecule has 2 saturated heterocycles. The quantitative estimate of drug-likeness (QED) is 0.825. The Balaban J connectivity index is 1.57. The minimum absolute atomic E-state index is 0.183. The van der Waals surface area contributed by atoms with Crippen molar-refractivity contribution in [2.24, 2.45) is 0 Å². The summed E-state index contributed by atoms with van der Waals surface area (Å²) in [5, 5.41) is 0. The zero-order valence-electron chi connectivity index (χ0n) is 15.3. The molecule has 0 amide bonds. The highest BCUT2D eigenvalue weighted by atomic mass is 32.2. The van der Waals surface area contributed by atoms with Gasteiger partial charge in [0.2, 0.25) is 10.0 Å². The van der Waals surface area contributed by atoms with E-state index in [0.29, 0.717) is 25.6 Å². The van der Waals surface area contributed by atoms with E-state index in [2.05, 4.69) is 29.2 Å². The Hall–Kier alpha value is -0.910. The standard InChI is InChI=1S/C20H30N2O2S/c1-2-15-25(23,24)22-13-9-20(10-14-22)16-19(21-11-5-6-12-21)17-7-3-4-8-18(17)20/h3-4,7-8,19H,2,5-6,9-16H2,1H3. The van der Waals surface area contributed by atoms with E-state index in [1.807, 2.05) is 6.92 Å². The van der Waals surface area contributed by atoms with Crippen molar-refractivity contribution < 1.29 is 8.42 Å². The molecule has 0 bridgehead atoms. The van der Waals surface area contributed by atoms with E-state index in [1.165, 1.54) is 43.5 Å². The number of likely N-dealkylation sites (tertiary alicyclic amines) is 1. The van der Waals surface area contributed by atoms with Crippen LogP contribution in [0.15, 0.2) is 24.3 Å². The molecular weight excluding hydrogens is 332 g/mol. The summed E-state index contributed by atoms with van der Waals surface area (Å²) in [5.74, 6) is 0.285. The molecule has 138 valence electrons. The highest BCUT2D eigenvalue weighted by Crippen LogP contribution is 2.53. The molecule has 2 heterocycles. The summed E-state index contributed by atoms with van der Waals surface area (Å²) in [6.45, 7) is 5.74. The molecule has 1 unspecified atom stereocenters. The van der Waals surface area contributed by atoms with Gasteiger partial charge in [0.25, 0.3) is 0 Å². The normalized spacial score (nSPS) is 27.0. The van der Waals surface area contributed by atoms with Crippen molar-refractivity contribution in [2.75, 3.05) is 31.9 Å². The number of rotatable bonds is 4. The van der Waals surface area contributed by atoms with Crippen molar-refractivity contribution in [3.8, 4) is 0 Å². The van der Waals surface area contributed by atoms with Crippen LogP contribution < -0.4 is 0 Å². The average Bonchev–Trinajstić information content (AvgIpc) is 3.23. The maximum absolute atomic E-state index is 12.4. The molecule has 0 saturated carbocycles. The van der Waals surface area contributed by atoms with Gasteiger partial charge in [-0.05, 0) is 68.2 Å². The number of benzene rings is 1. The number of hydrogen-bond donors (Lipinski definition) is 0. The fourth-order valence-corrected chi connectivity index (χ4v) is 6.81. The Labute approximate surface area is 152 Å². The van der Waals surface area contributed by atoms with Crippen molar-refractivity contribution in [3.05, 3.63) is 35.4 Å². The third-order valence-corrected chi connectivity index (χ3v) is 8.67. The highest BCUT2D eigenvalue weighted by molar-refractivity contribution is 7.89. The van der Waals surface area contributed by atoms with Crippen LogP contribution >= 0.6 is 0 Å². The summed E-state index contributed by atoms with van der Waals surface area (Å²) < 4.78 is 26.6. The predicted molar refractivity (Wildman–Crippen MR) is 101 cm³/mol. The lowest BCUT2D eigenvalue weighted by Gasteiger charge is -2.40. The summed E-state index contributed by atoms with van der Waals surface area (Å²) in [6, 6.07) is 9.49. The summed E-state index contributed by atoms with van der Waals surface area (Å²) in [4.78, 5) is 2.66. The van der Waals surface area contributed by atoms with Gasteiger partial charge in [0.1, 0.15) is 0 Å². The van der Waals surface area contributed by atoms with Gasteiger partial charge in [-0.15, -0.1) is 0 Å². The number of piperidine rings is 1. The Bertz CT molecular complexity index is 717. The number of fused-ring (bicyclic) bond motifs is 2. The minimum atomic E-state index is -3.06. The second-order valence-corrected chi connectivity index (χ2v) is 10.1. The topological polar surface area (TPSA) is 40.6 Å². The molecule has 0 aromatic heterocycles. The lowest BCUT2D eigenvalue weighted by molar-refractivity contribution is 0.173. The Morgan fingerprint density at radius 1 is 1.08 bits per heavy atom. The molecule has 4 rings (SSSR count). The molecule has 1 atom stereocenters. The van der Waals surface area contributed by atoms with E-state index in [0.717, 1.165) is 12.8 Å². The minimum Gasteiger partial charge on any atom is -0.296 e. The fourth-order valence-electron chi connectivity index (χ4n) is 5.29. The van der Waals surface area contributed by atoms with Crippen molar-refractivity contribution in [1.82, 2.24) is 9.21 Å². The van der Waals surface area contributed by atoms with Crippen molar-refractivity contribution in [1.29, 1.82) is 0 Å². The van der Waals surface area contributed by atoms with Crippen LogP contribution in [0.3, 0.4) is 0 Å². The molecule has 0 N–H and O–H groups in total. The van der Waals surface area contributed by atoms with Crippen LogP contribution in [0.4, 0.5) is 0 Å².